The summed E-state index contributed by atoms with van der Waals surface area (Å²) in [4.78, 5) is 11.6. The summed E-state index contributed by atoms with van der Waals surface area (Å²) in [6.07, 6.45) is 0.607. The molecule has 0 aliphatic carbocycles. The molecule has 0 fully saturated rings. The van der Waals surface area contributed by atoms with E-state index in [1.165, 1.54) is 13.2 Å². The normalized spacial score (nSPS) is 18.2. The van der Waals surface area contributed by atoms with Crippen molar-refractivity contribution >= 4 is 5.97 Å². The van der Waals surface area contributed by atoms with Crippen LogP contribution in [-0.2, 0) is 0 Å². The van der Waals surface area contributed by atoms with Gasteiger partial charge in [0.15, 0.2) is 11.6 Å². The molecule has 0 bridgehead atoms. The monoisotopic (exact) mass is 449 g/mol. The molecular formula is C27H28FNO4. The molecular weight excluding hydrogens is 421 g/mol. The van der Waals surface area contributed by atoms with E-state index in [1.807, 2.05) is 44.2 Å². The number of ether oxygens (including phenoxy) is 2. The first-order chi connectivity index (χ1) is 15.9. The number of hydrogen-bond acceptors (Lipinski definition) is 4. The lowest BCUT2D eigenvalue weighted by molar-refractivity contribution is 0.0696. The van der Waals surface area contributed by atoms with E-state index in [1.54, 1.807) is 24.3 Å². The molecule has 172 valence electrons. The van der Waals surface area contributed by atoms with Crippen LogP contribution in [0.5, 0.6) is 11.5 Å². The molecule has 1 aliphatic rings. The summed E-state index contributed by atoms with van der Waals surface area (Å²) in [6.45, 7) is 4.61. The number of benzene rings is 3. The molecule has 3 atom stereocenters. The molecule has 6 heteroatoms. The second-order valence-corrected chi connectivity index (χ2v) is 8.47. The number of hydrogen-bond donors (Lipinski definition) is 2. The van der Waals surface area contributed by atoms with Gasteiger partial charge in [0, 0.05) is 24.1 Å². The zero-order valence-electron chi connectivity index (χ0n) is 19.0. The number of para-hydroxylation sites is 1. The highest BCUT2D eigenvalue weighted by Crippen LogP contribution is 2.41. The van der Waals surface area contributed by atoms with Crippen LogP contribution in [0.15, 0.2) is 60.7 Å². The summed E-state index contributed by atoms with van der Waals surface area (Å²) in [7, 11) is 1.45. The fourth-order valence-electron chi connectivity index (χ4n) is 4.43. The third kappa shape index (κ3) is 4.86. The number of carboxylic acids is 1. The molecule has 33 heavy (non-hydrogen) atoms. The summed E-state index contributed by atoms with van der Waals surface area (Å²) < 4.78 is 25.2. The number of methoxy groups -OCH3 is 1. The van der Waals surface area contributed by atoms with Crippen LogP contribution in [0.25, 0.3) is 0 Å². The number of nitrogens with one attached hydrogen (secondary N) is 1. The van der Waals surface area contributed by atoms with Crippen LogP contribution in [0, 0.1) is 12.7 Å². The first-order valence-electron chi connectivity index (χ1n) is 11.0. The fraction of sp³-hybridized carbons (Fsp3) is 0.296. The molecule has 0 radical (unpaired) electrons. The molecule has 3 aromatic rings. The van der Waals surface area contributed by atoms with Gasteiger partial charge in [-0.05, 0) is 67.3 Å². The summed E-state index contributed by atoms with van der Waals surface area (Å²) >= 11 is 0. The number of aromatic carboxylic acids is 1. The Morgan fingerprint density at radius 1 is 1.18 bits per heavy atom. The van der Waals surface area contributed by atoms with Crippen molar-refractivity contribution in [3.63, 3.8) is 0 Å². The van der Waals surface area contributed by atoms with Crippen molar-refractivity contribution in [2.75, 3.05) is 13.7 Å². The van der Waals surface area contributed by atoms with E-state index < -0.39 is 5.97 Å². The number of carboxylic acid groups (broad SMARTS) is 1. The molecule has 1 heterocycles. The molecule has 2 N–H and O–H groups in total. The quantitative estimate of drug-likeness (QED) is 0.500. The van der Waals surface area contributed by atoms with Crippen molar-refractivity contribution in [3.8, 4) is 11.5 Å². The standard InChI is InChI=1S/C27H28FNO4/c1-16-8-9-19(27(30)31)12-22(16)23-14-20(33-25-7-5-4-6-21(23)25)15-29-17(2)18-10-11-24(28)26(13-18)32-3/h4-13,17,20,23,29H,14-15H2,1-3H3,(H,30,31)/t17?,20-,23-/m1/s1. The van der Waals surface area contributed by atoms with E-state index in [2.05, 4.69) is 5.32 Å². The lowest BCUT2D eigenvalue weighted by Gasteiger charge is -2.34. The summed E-state index contributed by atoms with van der Waals surface area (Å²) in [5.74, 6) is -0.252. The van der Waals surface area contributed by atoms with Crippen molar-refractivity contribution in [2.45, 2.75) is 38.3 Å². The molecule has 0 amide bonds. The molecule has 0 saturated heterocycles. The maximum absolute atomic E-state index is 13.8. The van der Waals surface area contributed by atoms with Gasteiger partial charge in [-0.1, -0.05) is 30.3 Å². The second kappa shape index (κ2) is 9.63. The Morgan fingerprint density at radius 2 is 1.97 bits per heavy atom. The van der Waals surface area contributed by atoms with E-state index >= 15 is 0 Å². The first-order valence-corrected chi connectivity index (χ1v) is 11.0. The first kappa shape index (κ1) is 22.8. The Balaban J connectivity index is 1.56. The minimum absolute atomic E-state index is 0.0299. The lowest BCUT2D eigenvalue weighted by Crippen LogP contribution is -2.37. The van der Waals surface area contributed by atoms with Gasteiger partial charge in [-0.2, -0.15) is 0 Å². The average molecular weight is 450 g/mol. The Morgan fingerprint density at radius 3 is 2.73 bits per heavy atom. The van der Waals surface area contributed by atoms with Crippen LogP contribution in [-0.4, -0.2) is 30.8 Å². The Bertz CT molecular complexity index is 1160. The van der Waals surface area contributed by atoms with Crippen LogP contribution in [0.1, 0.15) is 57.9 Å². The smallest absolute Gasteiger partial charge is 0.335 e. The molecule has 5 nitrogen and oxygen atoms in total. The summed E-state index contributed by atoms with van der Waals surface area (Å²) in [6, 6.07) is 18.0. The molecule has 1 unspecified atom stereocenters. The molecule has 0 spiro atoms. The molecule has 1 aliphatic heterocycles. The topological polar surface area (TPSA) is 67.8 Å². The SMILES string of the molecule is COc1cc(C(C)NC[C@H]2C[C@@H](c3cc(C(=O)O)ccc3C)c3ccccc3O2)ccc1F. The maximum atomic E-state index is 13.8. The van der Waals surface area contributed by atoms with E-state index in [-0.39, 0.29) is 35.2 Å². The van der Waals surface area contributed by atoms with Gasteiger partial charge in [0.1, 0.15) is 11.9 Å². The van der Waals surface area contributed by atoms with Crippen molar-refractivity contribution in [1.82, 2.24) is 5.32 Å². The number of halogens is 1. The number of fused-ring (bicyclic) bond motifs is 1. The van der Waals surface area contributed by atoms with Crippen molar-refractivity contribution < 1.29 is 23.8 Å². The van der Waals surface area contributed by atoms with Crippen LogP contribution >= 0.6 is 0 Å². The molecule has 0 aromatic heterocycles. The van der Waals surface area contributed by atoms with E-state index in [0.29, 0.717) is 13.0 Å². The molecule has 4 rings (SSSR count). The lowest BCUT2D eigenvalue weighted by atomic mass is 9.81. The third-order valence-electron chi connectivity index (χ3n) is 6.32. The van der Waals surface area contributed by atoms with Crippen molar-refractivity contribution in [1.29, 1.82) is 0 Å². The zero-order valence-corrected chi connectivity index (χ0v) is 19.0. The zero-order chi connectivity index (χ0) is 23.5. The van der Waals surface area contributed by atoms with E-state index in [9.17, 15) is 14.3 Å². The maximum Gasteiger partial charge on any atom is 0.335 e. The van der Waals surface area contributed by atoms with Gasteiger partial charge >= 0.3 is 5.97 Å². The van der Waals surface area contributed by atoms with E-state index in [0.717, 1.165) is 28.0 Å². The highest BCUT2D eigenvalue weighted by Gasteiger charge is 2.30. The van der Waals surface area contributed by atoms with Crippen LogP contribution in [0.2, 0.25) is 0 Å². The van der Waals surface area contributed by atoms with Gasteiger partial charge in [0.25, 0.3) is 0 Å². The van der Waals surface area contributed by atoms with Crippen LogP contribution in [0.4, 0.5) is 4.39 Å². The van der Waals surface area contributed by atoms with Crippen molar-refractivity contribution in [2.24, 2.45) is 0 Å². The van der Waals surface area contributed by atoms with Crippen LogP contribution in [0.3, 0.4) is 0 Å². The Labute approximate surface area is 193 Å². The largest absolute Gasteiger partial charge is 0.494 e. The van der Waals surface area contributed by atoms with Gasteiger partial charge in [-0.3, -0.25) is 0 Å². The summed E-state index contributed by atoms with van der Waals surface area (Å²) in [5.41, 5.74) is 4.34. The second-order valence-electron chi connectivity index (χ2n) is 8.47. The third-order valence-corrected chi connectivity index (χ3v) is 6.32. The van der Waals surface area contributed by atoms with Gasteiger partial charge < -0.3 is 19.9 Å². The van der Waals surface area contributed by atoms with Crippen LogP contribution < -0.4 is 14.8 Å². The predicted octanol–water partition coefficient (Wildman–Crippen LogP) is 5.47. The van der Waals surface area contributed by atoms with Gasteiger partial charge in [0.2, 0.25) is 0 Å². The molecule has 3 aromatic carbocycles. The Kier molecular flexibility index (Phi) is 6.65. The molecule has 0 saturated carbocycles. The Hall–Kier alpha value is -3.38. The van der Waals surface area contributed by atoms with E-state index in [4.69, 9.17) is 9.47 Å². The van der Waals surface area contributed by atoms with Gasteiger partial charge in [-0.15, -0.1) is 0 Å². The minimum Gasteiger partial charge on any atom is -0.494 e. The minimum atomic E-state index is -0.932. The fourth-order valence-corrected chi connectivity index (χ4v) is 4.43. The van der Waals surface area contributed by atoms with Gasteiger partial charge in [0.05, 0.1) is 12.7 Å². The average Bonchev–Trinajstić information content (AvgIpc) is 2.82. The predicted molar refractivity (Wildman–Crippen MR) is 125 cm³/mol. The number of aryl methyl sites for hydroxylation is 1. The number of carbonyl (C=O) groups is 1. The highest BCUT2D eigenvalue weighted by molar-refractivity contribution is 5.88. The number of rotatable bonds is 7. The van der Waals surface area contributed by atoms with Gasteiger partial charge in [-0.25, -0.2) is 9.18 Å². The summed E-state index contributed by atoms with van der Waals surface area (Å²) in [5, 5.41) is 13.0. The van der Waals surface area contributed by atoms with Crippen molar-refractivity contribution in [3.05, 3.63) is 94.3 Å². The highest BCUT2D eigenvalue weighted by atomic mass is 19.1.